The molecule has 7 heteroatoms. The maximum absolute atomic E-state index is 12.4. The highest BCUT2D eigenvalue weighted by Crippen LogP contribution is 2.24. The molecule has 3 amide bonds. The van der Waals surface area contributed by atoms with Crippen LogP contribution in [-0.2, 0) is 20.8 Å². The minimum atomic E-state index is -0.0394. The molecule has 0 unspecified atom stereocenters. The fourth-order valence-electron chi connectivity index (χ4n) is 4.60. The number of rotatable bonds is 8. The monoisotopic (exact) mass is 429 g/mol. The first kappa shape index (κ1) is 23.1. The summed E-state index contributed by atoms with van der Waals surface area (Å²) in [7, 11) is 0. The molecule has 2 atom stereocenters. The van der Waals surface area contributed by atoms with Crippen LogP contribution in [0.2, 0.25) is 0 Å². The average molecular weight is 430 g/mol. The summed E-state index contributed by atoms with van der Waals surface area (Å²) in [6.07, 6.45) is 8.14. The number of amides is 3. The maximum Gasteiger partial charge on any atom is 0.224 e. The Morgan fingerprint density at radius 3 is 2.81 bits per heavy atom. The van der Waals surface area contributed by atoms with Gasteiger partial charge in [-0.2, -0.15) is 0 Å². The number of carbonyl (C=O) groups excluding carboxylic acids is 3. The highest BCUT2D eigenvalue weighted by molar-refractivity contribution is 5.79. The van der Waals surface area contributed by atoms with Crippen molar-refractivity contribution in [2.75, 3.05) is 19.6 Å². The largest absolute Gasteiger partial charge is 0.508 e. The van der Waals surface area contributed by atoms with Gasteiger partial charge in [-0.25, -0.2) is 0 Å². The number of phenolic OH excluding ortho intramolecular Hbond substituents is 1. The fraction of sp³-hybridized carbons (Fsp3) is 0.625. The maximum atomic E-state index is 12.4. The van der Waals surface area contributed by atoms with Crippen molar-refractivity contribution in [2.45, 2.75) is 70.3 Å². The van der Waals surface area contributed by atoms with Crippen LogP contribution in [0.5, 0.6) is 5.75 Å². The third-order valence-corrected chi connectivity index (χ3v) is 6.29. The van der Waals surface area contributed by atoms with Gasteiger partial charge in [0.1, 0.15) is 5.75 Å². The molecule has 3 rings (SSSR count). The van der Waals surface area contributed by atoms with E-state index in [0.717, 1.165) is 57.1 Å². The summed E-state index contributed by atoms with van der Waals surface area (Å²) >= 11 is 0. The van der Waals surface area contributed by atoms with E-state index in [-0.39, 0.29) is 35.9 Å². The predicted octanol–water partition coefficient (Wildman–Crippen LogP) is 2.52. The number of nitrogens with zero attached hydrogens (tertiary/aromatic N) is 1. The number of benzene rings is 1. The standard InChI is InChI=1S/C24H35N3O4/c28-21-9-5-6-18(15-21)16-23(30)26-20-8-4-7-19(14-20)17-25-22(29)11-13-27-12-3-1-2-10-24(27)31/h5-6,9,15,19-20,28H,1-4,7-8,10-14,16-17H2,(H,25,29)(H,26,30)/t19-,20+/m1/s1. The zero-order chi connectivity index (χ0) is 22.1. The molecule has 1 aliphatic carbocycles. The van der Waals surface area contributed by atoms with Crippen LogP contribution in [-0.4, -0.2) is 53.4 Å². The number of likely N-dealkylation sites (tertiary alicyclic amines) is 1. The Morgan fingerprint density at radius 2 is 1.97 bits per heavy atom. The highest BCUT2D eigenvalue weighted by Gasteiger charge is 2.24. The topological polar surface area (TPSA) is 98.7 Å². The molecule has 0 spiro atoms. The lowest BCUT2D eigenvalue weighted by Crippen LogP contribution is -2.42. The van der Waals surface area contributed by atoms with Gasteiger partial charge in [0.05, 0.1) is 6.42 Å². The Morgan fingerprint density at radius 1 is 1.10 bits per heavy atom. The molecule has 0 aromatic heterocycles. The van der Waals surface area contributed by atoms with Gasteiger partial charge in [0, 0.05) is 38.5 Å². The van der Waals surface area contributed by atoms with E-state index in [1.54, 1.807) is 18.2 Å². The minimum Gasteiger partial charge on any atom is -0.508 e. The van der Waals surface area contributed by atoms with Crippen LogP contribution in [0.4, 0.5) is 0 Å². The van der Waals surface area contributed by atoms with Crippen molar-refractivity contribution < 1.29 is 19.5 Å². The molecule has 1 aromatic rings. The molecule has 1 heterocycles. The SMILES string of the molecule is O=C(CCN1CCCCCC1=O)NC[C@@H]1CCC[C@H](NC(=O)Cc2cccc(O)c2)C1. The van der Waals surface area contributed by atoms with Gasteiger partial charge in [-0.15, -0.1) is 0 Å². The second-order valence-electron chi connectivity index (χ2n) is 8.89. The molecule has 0 bridgehead atoms. The van der Waals surface area contributed by atoms with Gasteiger partial charge in [-0.1, -0.05) is 25.0 Å². The molecule has 1 aromatic carbocycles. The van der Waals surface area contributed by atoms with Gasteiger partial charge in [0.15, 0.2) is 0 Å². The van der Waals surface area contributed by atoms with Gasteiger partial charge in [-0.3, -0.25) is 14.4 Å². The predicted molar refractivity (Wildman–Crippen MR) is 118 cm³/mol. The summed E-state index contributed by atoms with van der Waals surface area (Å²) < 4.78 is 0. The van der Waals surface area contributed by atoms with Gasteiger partial charge in [0.2, 0.25) is 17.7 Å². The fourth-order valence-corrected chi connectivity index (χ4v) is 4.60. The summed E-state index contributed by atoms with van der Waals surface area (Å²) in [4.78, 5) is 38.5. The molecule has 7 nitrogen and oxygen atoms in total. The van der Waals surface area contributed by atoms with E-state index in [1.165, 1.54) is 0 Å². The number of phenols is 1. The van der Waals surface area contributed by atoms with Crippen LogP contribution in [0.1, 0.15) is 63.4 Å². The zero-order valence-corrected chi connectivity index (χ0v) is 18.3. The normalized spacial score (nSPS) is 21.9. The van der Waals surface area contributed by atoms with Crippen LogP contribution >= 0.6 is 0 Å². The molecule has 170 valence electrons. The van der Waals surface area contributed by atoms with Gasteiger partial charge in [0.25, 0.3) is 0 Å². The second kappa shape index (κ2) is 11.7. The van der Waals surface area contributed by atoms with Crippen molar-refractivity contribution >= 4 is 17.7 Å². The molecule has 1 aliphatic heterocycles. The van der Waals surface area contributed by atoms with E-state index in [1.807, 2.05) is 11.0 Å². The van der Waals surface area contributed by atoms with E-state index >= 15 is 0 Å². The molecule has 2 aliphatic rings. The molecule has 0 radical (unpaired) electrons. The summed E-state index contributed by atoms with van der Waals surface area (Å²) in [5.74, 6) is 0.638. The van der Waals surface area contributed by atoms with Crippen LogP contribution in [0, 0.1) is 5.92 Å². The Bertz CT molecular complexity index is 767. The molecular formula is C24H35N3O4. The van der Waals surface area contributed by atoms with Crippen LogP contribution < -0.4 is 10.6 Å². The van der Waals surface area contributed by atoms with Crippen molar-refractivity contribution in [1.82, 2.24) is 15.5 Å². The third-order valence-electron chi connectivity index (χ3n) is 6.29. The van der Waals surface area contributed by atoms with Crippen molar-refractivity contribution in [3.8, 4) is 5.75 Å². The van der Waals surface area contributed by atoms with Gasteiger partial charge >= 0.3 is 0 Å². The highest BCUT2D eigenvalue weighted by atomic mass is 16.3. The van der Waals surface area contributed by atoms with Gasteiger partial charge in [-0.05, 0) is 55.7 Å². The number of hydrogen-bond donors (Lipinski definition) is 3. The first-order chi connectivity index (χ1) is 15.0. The lowest BCUT2D eigenvalue weighted by molar-refractivity contribution is -0.131. The van der Waals surface area contributed by atoms with Crippen LogP contribution in [0.15, 0.2) is 24.3 Å². The lowest BCUT2D eigenvalue weighted by Gasteiger charge is -2.30. The Balaban J connectivity index is 1.35. The van der Waals surface area contributed by atoms with E-state index in [2.05, 4.69) is 10.6 Å². The lowest BCUT2D eigenvalue weighted by atomic mass is 9.85. The molecule has 1 saturated carbocycles. The van der Waals surface area contributed by atoms with Gasteiger partial charge < -0.3 is 20.6 Å². The quantitative estimate of drug-likeness (QED) is 0.591. The summed E-state index contributed by atoms with van der Waals surface area (Å²) in [5.41, 5.74) is 0.792. The van der Waals surface area contributed by atoms with Crippen molar-refractivity contribution in [3.63, 3.8) is 0 Å². The molecular weight excluding hydrogens is 394 g/mol. The third kappa shape index (κ3) is 7.89. The molecule has 2 fully saturated rings. The number of hydrogen-bond acceptors (Lipinski definition) is 4. The number of aromatic hydroxyl groups is 1. The molecule has 3 N–H and O–H groups in total. The smallest absolute Gasteiger partial charge is 0.224 e. The first-order valence-electron chi connectivity index (χ1n) is 11.6. The Labute approximate surface area is 184 Å². The Hall–Kier alpha value is -2.57. The number of carbonyl (C=O) groups is 3. The van der Waals surface area contributed by atoms with Crippen LogP contribution in [0.25, 0.3) is 0 Å². The second-order valence-corrected chi connectivity index (χ2v) is 8.89. The van der Waals surface area contributed by atoms with E-state index in [9.17, 15) is 19.5 Å². The van der Waals surface area contributed by atoms with Crippen LogP contribution in [0.3, 0.4) is 0 Å². The minimum absolute atomic E-state index is 0.00732. The number of nitrogens with one attached hydrogen (secondary N) is 2. The molecule has 31 heavy (non-hydrogen) atoms. The van der Waals surface area contributed by atoms with E-state index < -0.39 is 0 Å². The first-order valence-corrected chi connectivity index (χ1v) is 11.6. The van der Waals surface area contributed by atoms with Crippen molar-refractivity contribution in [1.29, 1.82) is 0 Å². The summed E-state index contributed by atoms with van der Waals surface area (Å²) in [6, 6.07) is 6.89. The van der Waals surface area contributed by atoms with E-state index in [4.69, 9.17) is 0 Å². The summed E-state index contributed by atoms with van der Waals surface area (Å²) in [5, 5.41) is 15.7. The molecule has 1 saturated heterocycles. The van der Waals surface area contributed by atoms with E-state index in [0.29, 0.717) is 31.8 Å². The zero-order valence-electron chi connectivity index (χ0n) is 18.3. The average Bonchev–Trinajstić information content (AvgIpc) is 2.95. The van der Waals surface area contributed by atoms with Crippen molar-refractivity contribution in [2.24, 2.45) is 5.92 Å². The Kier molecular flexibility index (Phi) is 8.74. The summed E-state index contributed by atoms with van der Waals surface area (Å²) in [6.45, 7) is 1.88. The van der Waals surface area contributed by atoms with Crippen molar-refractivity contribution in [3.05, 3.63) is 29.8 Å².